The minimum Gasteiger partial charge on any atom is -0.445 e. The molecule has 1 aliphatic heterocycles. The van der Waals surface area contributed by atoms with Gasteiger partial charge in [0, 0.05) is 0 Å². The Kier molecular flexibility index (Phi) is 10.8. The molecular weight excluding hydrogens is 324 g/mol. The maximum Gasteiger partial charge on any atom is 0.330 e. The molecule has 8 nitrogen and oxygen atoms in total. The first-order chi connectivity index (χ1) is 12.0. The van der Waals surface area contributed by atoms with Gasteiger partial charge in [0.25, 0.3) is 0 Å². The number of amides is 3. The highest BCUT2D eigenvalue weighted by Crippen LogP contribution is 2.12. The van der Waals surface area contributed by atoms with E-state index in [-0.39, 0.29) is 6.42 Å². The van der Waals surface area contributed by atoms with Gasteiger partial charge in [0.15, 0.2) is 6.23 Å². The zero-order valence-electron chi connectivity index (χ0n) is 14.9. The molecule has 0 radical (unpaired) electrons. The molecule has 0 aliphatic carbocycles. The molecule has 3 amide bonds. The summed E-state index contributed by atoms with van der Waals surface area (Å²) >= 11 is 0. The number of hydrogen-bond donors (Lipinski definition) is 4. The fourth-order valence-electron chi connectivity index (χ4n) is 2.77. The number of carbonyl (C=O) groups excluding carboxylic acids is 3. The summed E-state index contributed by atoms with van der Waals surface area (Å²) in [5.74, 6) is -1.16. The second-order valence-electron chi connectivity index (χ2n) is 6.51. The van der Waals surface area contributed by atoms with Gasteiger partial charge in [0.05, 0.1) is 6.42 Å². The minimum absolute atomic E-state index is 0.122. The average molecular weight is 356 g/mol. The monoisotopic (exact) mass is 356 g/mol. The smallest absolute Gasteiger partial charge is 0.330 e. The van der Waals surface area contributed by atoms with E-state index < -0.39 is 30.2 Å². The fourth-order valence-corrected chi connectivity index (χ4v) is 2.77. The number of nitrogens with two attached hydrogens (primary N) is 2. The van der Waals surface area contributed by atoms with Crippen molar-refractivity contribution in [2.24, 2.45) is 11.5 Å². The van der Waals surface area contributed by atoms with E-state index in [0.29, 0.717) is 6.42 Å². The van der Waals surface area contributed by atoms with Crippen LogP contribution in [0, 0.1) is 0 Å². The predicted octanol–water partition coefficient (Wildman–Crippen LogP) is 1.27. The van der Waals surface area contributed by atoms with Gasteiger partial charge in [0.2, 0.25) is 5.91 Å². The highest BCUT2D eigenvalue weighted by atomic mass is 16.6. The molecule has 144 valence electrons. The molecule has 0 aromatic carbocycles. The summed E-state index contributed by atoms with van der Waals surface area (Å²) in [5, 5.41) is 4.41. The van der Waals surface area contributed by atoms with E-state index in [0.717, 1.165) is 32.2 Å². The molecule has 8 heteroatoms. The number of ether oxygens (including phenoxy) is 1. The summed E-state index contributed by atoms with van der Waals surface area (Å²) in [4.78, 5) is 34.3. The first-order valence-electron chi connectivity index (χ1n) is 9.29. The van der Waals surface area contributed by atoms with E-state index in [1.165, 1.54) is 32.1 Å². The van der Waals surface area contributed by atoms with Crippen LogP contribution in [0.3, 0.4) is 0 Å². The highest BCUT2D eigenvalue weighted by molar-refractivity contribution is 6.01. The molecule has 2 atom stereocenters. The topological polar surface area (TPSA) is 137 Å². The Bertz CT molecular complexity index is 415. The lowest BCUT2D eigenvalue weighted by molar-refractivity contribution is -0.153. The van der Waals surface area contributed by atoms with E-state index in [1.807, 2.05) is 0 Å². The maximum absolute atomic E-state index is 11.9. The van der Waals surface area contributed by atoms with Crippen molar-refractivity contribution in [3.05, 3.63) is 0 Å². The molecule has 1 heterocycles. The highest BCUT2D eigenvalue weighted by Gasteiger charge is 2.31. The molecule has 0 aromatic rings. The van der Waals surface area contributed by atoms with Crippen molar-refractivity contribution in [2.45, 2.75) is 82.9 Å². The molecule has 6 N–H and O–H groups in total. The van der Waals surface area contributed by atoms with Gasteiger partial charge >= 0.3 is 12.0 Å². The second kappa shape index (κ2) is 12.7. The molecule has 1 aliphatic rings. The predicted molar refractivity (Wildman–Crippen MR) is 94.4 cm³/mol. The first kappa shape index (κ1) is 21.4. The van der Waals surface area contributed by atoms with Crippen molar-refractivity contribution < 1.29 is 19.1 Å². The van der Waals surface area contributed by atoms with E-state index in [2.05, 4.69) is 10.6 Å². The van der Waals surface area contributed by atoms with Crippen LogP contribution in [-0.2, 0) is 14.3 Å². The molecule has 0 saturated carbocycles. The molecular formula is C17H32N4O4. The van der Waals surface area contributed by atoms with Crippen molar-refractivity contribution in [1.29, 1.82) is 0 Å². The Balaban J connectivity index is 2.01. The van der Waals surface area contributed by atoms with Crippen LogP contribution in [-0.4, -0.2) is 36.7 Å². The number of carbonyl (C=O) groups is 3. The van der Waals surface area contributed by atoms with Gasteiger partial charge in [-0.3, -0.25) is 15.8 Å². The van der Waals surface area contributed by atoms with Crippen molar-refractivity contribution >= 4 is 17.9 Å². The third kappa shape index (κ3) is 10.0. The Labute approximate surface area is 149 Å². The summed E-state index contributed by atoms with van der Waals surface area (Å²) in [7, 11) is 0. The van der Waals surface area contributed by atoms with E-state index >= 15 is 0 Å². The fraction of sp³-hybridized carbons (Fsp3) is 0.824. The van der Waals surface area contributed by atoms with Crippen molar-refractivity contribution in [3.63, 3.8) is 0 Å². The number of urea groups is 1. The number of hydrogen-bond acceptors (Lipinski definition) is 6. The molecule has 0 spiro atoms. The Morgan fingerprint density at radius 2 is 1.60 bits per heavy atom. The largest absolute Gasteiger partial charge is 0.445 e. The van der Waals surface area contributed by atoms with Crippen molar-refractivity contribution in [3.8, 4) is 0 Å². The third-order valence-electron chi connectivity index (χ3n) is 4.19. The van der Waals surface area contributed by atoms with Crippen LogP contribution in [0.15, 0.2) is 0 Å². The molecule has 1 fully saturated rings. The SMILES string of the molecule is NCCCCCCCCCCCC(N)OC(=O)C1CC(=O)NC(=O)N1. The maximum atomic E-state index is 11.9. The second-order valence-corrected chi connectivity index (χ2v) is 6.51. The Morgan fingerprint density at radius 1 is 1.04 bits per heavy atom. The van der Waals surface area contributed by atoms with Crippen molar-refractivity contribution in [2.75, 3.05) is 6.54 Å². The average Bonchev–Trinajstić information content (AvgIpc) is 2.55. The zero-order chi connectivity index (χ0) is 18.5. The molecule has 0 aromatic heterocycles. The van der Waals surface area contributed by atoms with E-state index in [9.17, 15) is 14.4 Å². The van der Waals surface area contributed by atoms with Gasteiger partial charge in [-0.1, -0.05) is 44.9 Å². The quantitative estimate of drug-likeness (QED) is 0.223. The van der Waals surface area contributed by atoms with Crippen LogP contribution in [0.5, 0.6) is 0 Å². The summed E-state index contributed by atoms with van der Waals surface area (Å²) in [6.45, 7) is 0.783. The lowest BCUT2D eigenvalue weighted by atomic mass is 10.1. The minimum atomic E-state index is -0.952. The third-order valence-corrected chi connectivity index (χ3v) is 4.19. The summed E-state index contributed by atoms with van der Waals surface area (Å²) < 4.78 is 5.10. The number of esters is 1. The molecule has 2 unspecified atom stereocenters. The molecule has 0 bridgehead atoms. The normalized spacial score (nSPS) is 18.4. The Morgan fingerprint density at radius 3 is 2.16 bits per heavy atom. The summed E-state index contributed by atoms with van der Waals surface area (Å²) in [6, 6.07) is -1.64. The van der Waals surface area contributed by atoms with E-state index in [1.54, 1.807) is 0 Å². The molecule has 1 saturated heterocycles. The van der Waals surface area contributed by atoms with Crippen LogP contribution >= 0.6 is 0 Å². The Hall–Kier alpha value is -1.67. The van der Waals surface area contributed by atoms with Crippen LogP contribution < -0.4 is 22.1 Å². The van der Waals surface area contributed by atoms with Crippen LogP contribution in [0.4, 0.5) is 4.79 Å². The van der Waals surface area contributed by atoms with Crippen LogP contribution in [0.1, 0.15) is 70.6 Å². The lowest BCUT2D eigenvalue weighted by Crippen LogP contribution is -2.56. The van der Waals surface area contributed by atoms with Crippen LogP contribution in [0.2, 0.25) is 0 Å². The standard InChI is InChI=1S/C17H32N4O4/c18-11-9-7-5-3-1-2-4-6-8-10-14(19)25-16(23)13-12-15(22)21-17(24)20-13/h13-14H,1-12,18-19H2,(H2,20,21,22,24). The van der Waals surface area contributed by atoms with Gasteiger partial charge in [-0.15, -0.1) is 0 Å². The summed E-state index contributed by atoms with van der Waals surface area (Å²) in [5.41, 5.74) is 11.2. The summed E-state index contributed by atoms with van der Waals surface area (Å²) in [6.07, 6.45) is 10.2. The number of rotatable bonds is 13. The number of nitrogens with one attached hydrogen (secondary N) is 2. The first-order valence-corrected chi connectivity index (χ1v) is 9.29. The van der Waals surface area contributed by atoms with E-state index in [4.69, 9.17) is 16.2 Å². The van der Waals surface area contributed by atoms with Gasteiger partial charge in [-0.25, -0.2) is 9.59 Å². The molecule has 1 rings (SSSR count). The van der Waals surface area contributed by atoms with Crippen molar-refractivity contribution in [1.82, 2.24) is 10.6 Å². The number of unbranched alkanes of at least 4 members (excludes halogenated alkanes) is 8. The van der Waals surface area contributed by atoms with Gasteiger partial charge < -0.3 is 15.8 Å². The van der Waals surface area contributed by atoms with Gasteiger partial charge in [-0.05, 0) is 25.8 Å². The van der Waals surface area contributed by atoms with Gasteiger partial charge in [-0.2, -0.15) is 0 Å². The molecule has 25 heavy (non-hydrogen) atoms. The lowest BCUT2D eigenvalue weighted by Gasteiger charge is -2.23. The number of imide groups is 1. The van der Waals surface area contributed by atoms with Crippen LogP contribution in [0.25, 0.3) is 0 Å². The van der Waals surface area contributed by atoms with Gasteiger partial charge in [0.1, 0.15) is 6.04 Å². The zero-order valence-corrected chi connectivity index (χ0v) is 14.9.